The molecule has 0 saturated carbocycles. The van der Waals surface area contributed by atoms with Crippen molar-refractivity contribution in [2.45, 2.75) is 39.3 Å². The molecule has 0 heterocycles. The first kappa shape index (κ1) is 11.8. The maximum absolute atomic E-state index is 5.63. The molecule has 0 aliphatic heterocycles. The summed E-state index contributed by atoms with van der Waals surface area (Å²) in [6, 6.07) is 0. The SMILES string of the molecule is C=C([N][Si](C)(C)C)O[Si](C)(C)C. The molecule has 0 unspecified atom stereocenters. The molecule has 0 aromatic carbocycles. The van der Waals surface area contributed by atoms with Crippen LogP contribution in [0.25, 0.3) is 0 Å². The third-order valence-electron chi connectivity index (χ3n) is 0.884. The predicted octanol–water partition coefficient (Wildman–Crippen LogP) is 2.75. The molecule has 0 aliphatic rings. The van der Waals surface area contributed by atoms with Gasteiger partial charge in [0.05, 0.1) is 0 Å². The molecule has 2 nitrogen and oxygen atoms in total. The molecule has 0 amide bonds. The average Bonchev–Trinajstić information content (AvgIpc) is 1.49. The minimum atomic E-state index is -1.49. The van der Waals surface area contributed by atoms with E-state index in [0.29, 0.717) is 5.88 Å². The molecule has 1 radical (unpaired) electrons. The number of hydrogen-bond acceptors (Lipinski definition) is 1. The lowest BCUT2D eigenvalue weighted by Crippen LogP contribution is -2.37. The lowest BCUT2D eigenvalue weighted by atomic mass is 11.0. The maximum atomic E-state index is 5.63. The summed E-state index contributed by atoms with van der Waals surface area (Å²) in [4.78, 5) is 4.45. The minimum Gasteiger partial charge on any atom is -0.533 e. The van der Waals surface area contributed by atoms with Crippen LogP contribution in [0.5, 0.6) is 0 Å². The summed E-state index contributed by atoms with van der Waals surface area (Å²) >= 11 is 0. The van der Waals surface area contributed by atoms with Crippen molar-refractivity contribution in [2.24, 2.45) is 0 Å². The fourth-order valence-corrected chi connectivity index (χ4v) is 2.39. The van der Waals surface area contributed by atoms with Gasteiger partial charge in [-0.05, 0) is 45.9 Å². The van der Waals surface area contributed by atoms with Crippen molar-refractivity contribution in [1.29, 1.82) is 0 Å². The second-order valence-corrected chi connectivity index (χ2v) is 13.9. The van der Waals surface area contributed by atoms with E-state index in [1.807, 2.05) is 0 Å². The van der Waals surface area contributed by atoms with Crippen LogP contribution < -0.4 is 4.98 Å². The third-order valence-corrected chi connectivity index (χ3v) is 2.65. The van der Waals surface area contributed by atoms with Gasteiger partial charge in [0.2, 0.25) is 8.32 Å². The highest BCUT2D eigenvalue weighted by atomic mass is 28.4. The zero-order valence-corrected chi connectivity index (χ0v) is 11.1. The molecule has 0 atom stereocenters. The van der Waals surface area contributed by atoms with E-state index in [4.69, 9.17) is 4.43 Å². The highest BCUT2D eigenvalue weighted by molar-refractivity contribution is 6.74. The van der Waals surface area contributed by atoms with Gasteiger partial charge in [0.1, 0.15) is 0 Å². The summed E-state index contributed by atoms with van der Waals surface area (Å²) in [6.45, 7) is 16.7. The van der Waals surface area contributed by atoms with Crippen LogP contribution in [0.1, 0.15) is 0 Å². The Hall–Kier alpha value is -0.226. The first-order valence-corrected chi connectivity index (χ1v) is 11.1. The maximum Gasteiger partial charge on any atom is 0.244 e. The summed E-state index contributed by atoms with van der Waals surface area (Å²) in [7, 11) is -2.89. The van der Waals surface area contributed by atoms with Crippen molar-refractivity contribution in [1.82, 2.24) is 4.98 Å². The Morgan fingerprint density at radius 1 is 1.08 bits per heavy atom. The molecule has 0 saturated heterocycles. The summed E-state index contributed by atoms with van der Waals surface area (Å²) in [5.74, 6) is 0.633. The zero-order chi connectivity index (χ0) is 9.99. The topological polar surface area (TPSA) is 23.3 Å². The highest BCUT2D eigenvalue weighted by Gasteiger charge is 2.21. The van der Waals surface area contributed by atoms with Gasteiger partial charge in [-0.25, -0.2) is 0 Å². The molecule has 0 aliphatic carbocycles. The lowest BCUT2D eigenvalue weighted by molar-refractivity contribution is 0.401. The van der Waals surface area contributed by atoms with Crippen molar-refractivity contribution in [2.75, 3.05) is 0 Å². The largest absolute Gasteiger partial charge is 0.533 e. The summed E-state index contributed by atoms with van der Waals surface area (Å²) < 4.78 is 5.63. The van der Waals surface area contributed by atoms with Gasteiger partial charge in [0.25, 0.3) is 0 Å². The van der Waals surface area contributed by atoms with Gasteiger partial charge in [-0.3, -0.25) is 4.98 Å². The van der Waals surface area contributed by atoms with Crippen molar-refractivity contribution in [3.05, 3.63) is 12.5 Å². The average molecular weight is 202 g/mol. The molecule has 71 valence electrons. The molecule has 0 aromatic heterocycles. The van der Waals surface area contributed by atoms with E-state index in [0.717, 1.165) is 0 Å². The smallest absolute Gasteiger partial charge is 0.244 e. The van der Waals surface area contributed by atoms with E-state index in [9.17, 15) is 0 Å². The molecule has 4 heteroatoms. The van der Waals surface area contributed by atoms with Gasteiger partial charge >= 0.3 is 0 Å². The second kappa shape index (κ2) is 3.66. The van der Waals surface area contributed by atoms with Gasteiger partial charge in [0.15, 0.2) is 14.1 Å². The summed E-state index contributed by atoms with van der Waals surface area (Å²) in [5.41, 5.74) is 0. The Bertz CT molecular complexity index is 149. The standard InChI is InChI=1S/C8H20NOSi2/c1-8(9-11(2,3)4)10-12(5,6)7/h1H2,2-7H3. The van der Waals surface area contributed by atoms with Gasteiger partial charge < -0.3 is 4.43 Å². The molecule has 0 N–H and O–H groups in total. The molecule has 12 heavy (non-hydrogen) atoms. The molecule has 0 bridgehead atoms. The number of nitrogens with zero attached hydrogens (tertiary/aromatic N) is 1. The lowest BCUT2D eigenvalue weighted by Gasteiger charge is -2.24. The zero-order valence-electron chi connectivity index (χ0n) is 9.06. The predicted molar refractivity (Wildman–Crippen MR) is 59.1 cm³/mol. The summed E-state index contributed by atoms with van der Waals surface area (Å²) in [6.07, 6.45) is 0. The van der Waals surface area contributed by atoms with Crippen molar-refractivity contribution >= 4 is 16.6 Å². The van der Waals surface area contributed by atoms with Crippen LogP contribution in [-0.2, 0) is 4.43 Å². The first-order valence-electron chi connectivity index (χ1n) is 4.21. The Morgan fingerprint density at radius 2 is 1.50 bits per heavy atom. The van der Waals surface area contributed by atoms with Crippen molar-refractivity contribution in [3.63, 3.8) is 0 Å². The number of rotatable bonds is 4. The molecule has 0 spiro atoms. The van der Waals surface area contributed by atoms with Crippen LogP contribution >= 0.6 is 0 Å². The van der Waals surface area contributed by atoms with Crippen LogP contribution in [0.4, 0.5) is 0 Å². The van der Waals surface area contributed by atoms with E-state index in [1.165, 1.54) is 0 Å². The Morgan fingerprint density at radius 3 is 1.75 bits per heavy atom. The van der Waals surface area contributed by atoms with Gasteiger partial charge in [-0.15, -0.1) is 0 Å². The van der Waals surface area contributed by atoms with Crippen LogP contribution in [0.2, 0.25) is 39.3 Å². The quantitative estimate of drug-likeness (QED) is 0.508. The van der Waals surface area contributed by atoms with Gasteiger partial charge in [-0.2, -0.15) is 0 Å². The van der Waals surface area contributed by atoms with Gasteiger partial charge in [0, 0.05) is 0 Å². The molecule has 0 rings (SSSR count). The third kappa shape index (κ3) is 7.88. The molecule has 0 fully saturated rings. The van der Waals surface area contributed by atoms with E-state index < -0.39 is 16.6 Å². The monoisotopic (exact) mass is 202 g/mol. The van der Waals surface area contributed by atoms with Crippen LogP contribution in [0.3, 0.4) is 0 Å². The van der Waals surface area contributed by atoms with E-state index >= 15 is 0 Å². The van der Waals surface area contributed by atoms with Crippen LogP contribution in [0, 0.1) is 0 Å². The normalized spacial score (nSPS) is 12.5. The second-order valence-electron chi connectivity index (χ2n) is 4.89. The van der Waals surface area contributed by atoms with E-state index in [-0.39, 0.29) is 0 Å². The van der Waals surface area contributed by atoms with Crippen LogP contribution in [0.15, 0.2) is 12.5 Å². The van der Waals surface area contributed by atoms with Crippen molar-refractivity contribution < 1.29 is 4.43 Å². The molecule has 0 aromatic rings. The Balaban J connectivity index is 3.92. The Kier molecular flexibility index (Phi) is 3.59. The van der Waals surface area contributed by atoms with Crippen LogP contribution in [-0.4, -0.2) is 16.6 Å². The Labute approximate surface area is 78.2 Å². The fourth-order valence-electron chi connectivity index (χ4n) is 0.750. The first-order chi connectivity index (χ1) is 5.10. The molecular weight excluding hydrogens is 182 g/mol. The molecular formula is C8H20NOSi2. The summed E-state index contributed by atoms with van der Waals surface area (Å²) in [5, 5.41) is 0. The van der Waals surface area contributed by atoms with E-state index in [1.54, 1.807) is 0 Å². The fraction of sp³-hybridized carbons (Fsp3) is 0.750. The number of hydrogen-bond donors (Lipinski definition) is 0. The van der Waals surface area contributed by atoms with Crippen molar-refractivity contribution in [3.8, 4) is 0 Å². The minimum absolute atomic E-state index is 0.633. The van der Waals surface area contributed by atoms with Gasteiger partial charge in [-0.1, -0.05) is 0 Å². The van der Waals surface area contributed by atoms with E-state index in [2.05, 4.69) is 50.8 Å². The highest BCUT2D eigenvalue weighted by Crippen LogP contribution is 2.10.